The van der Waals surface area contributed by atoms with Crippen LogP contribution in [0.1, 0.15) is 50.6 Å². The quantitative estimate of drug-likeness (QED) is 0.841. The number of carboxylic acids is 1. The summed E-state index contributed by atoms with van der Waals surface area (Å²) in [5.41, 5.74) is 9.46. The summed E-state index contributed by atoms with van der Waals surface area (Å²) < 4.78 is 0. The van der Waals surface area contributed by atoms with E-state index < -0.39 is 5.97 Å². The van der Waals surface area contributed by atoms with Gasteiger partial charge >= 0.3 is 5.97 Å². The molecule has 1 heterocycles. The molecule has 3 rings (SSSR count). The van der Waals surface area contributed by atoms with E-state index in [0.29, 0.717) is 35.8 Å². The topological polar surface area (TPSA) is 83.6 Å². The number of amides is 1. The van der Waals surface area contributed by atoms with Crippen LogP contribution >= 0.6 is 0 Å². The number of hydrogen-bond acceptors (Lipinski definition) is 3. The molecule has 0 aromatic heterocycles. The molecule has 2 aromatic rings. The second-order valence-corrected chi connectivity index (χ2v) is 6.57. The molecular formula is C20H22N2O3. The lowest BCUT2D eigenvalue weighted by atomic mass is 9.88. The van der Waals surface area contributed by atoms with Crippen molar-refractivity contribution < 1.29 is 14.7 Å². The molecule has 0 aliphatic carbocycles. The average molecular weight is 338 g/mol. The van der Waals surface area contributed by atoms with Gasteiger partial charge in [0, 0.05) is 24.3 Å². The molecular weight excluding hydrogens is 316 g/mol. The normalized spacial score (nSPS) is 15.2. The van der Waals surface area contributed by atoms with E-state index in [1.165, 1.54) is 0 Å². The van der Waals surface area contributed by atoms with Gasteiger partial charge in [0.15, 0.2) is 0 Å². The lowest BCUT2D eigenvalue weighted by Gasteiger charge is -2.32. The van der Waals surface area contributed by atoms with Gasteiger partial charge in [0.25, 0.3) is 5.91 Å². The van der Waals surface area contributed by atoms with Gasteiger partial charge in [-0.1, -0.05) is 18.2 Å². The van der Waals surface area contributed by atoms with Gasteiger partial charge in [-0.3, -0.25) is 4.79 Å². The van der Waals surface area contributed by atoms with E-state index in [1.807, 2.05) is 30.0 Å². The van der Waals surface area contributed by atoms with Crippen molar-refractivity contribution >= 4 is 17.6 Å². The third-order valence-electron chi connectivity index (χ3n) is 4.90. The number of nitrogen functional groups attached to an aromatic ring is 1. The number of nitrogens with zero attached hydrogens (tertiary/aromatic N) is 1. The number of piperidine rings is 1. The number of benzene rings is 2. The fourth-order valence-corrected chi connectivity index (χ4v) is 3.35. The zero-order chi connectivity index (χ0) is 18.0. The zero-order valence-corrected chi connectivity index (χ0v) is 14.2. The van der Waals surface area contributed by atoms with E-state index in [1.54, 1.807) is 24.3 Å². The first kappa shape index (κ1) is 17.0. The summed E-state index contributed by atoms with van der Waals surface area (Å²) in [6.07, 6.45) is 1.75. The van der Waals surface area contributed by atoms with Crippen LogP contribution in [0.15, 0.2) is 42.5 Å². The van der Waals surface area contributed by atoms with E-state index in [0.717, 1.165) is 24.0 Å². The number of carbonyl (C=O) groups excluding carboxylic acids is 1. The maximum absolute atomic E-state index is 12.7. The second-order valence-electron chi connectivity index (χ2n) is 6.57. The molecule has 0 spiro atoms. The van der Waals surface area contributed by atoms with Crippen LogP contribution in [-0.2, 0) is 0 Å². The molecule has 5 heteroatoms. The highest BCUT2D eigenvalue weighted by Crippen LogP contribution is 2.29. The number of nitrogens with two attached hydrogens (primary N) is 1. The molecule has 25 heavy (non-hydrogen) atoms. The highest BCUT2D eigenvalue weighted by atomic mass is 16.4. The predicted octanol–water partition coefficient (Wildman–Crippen LogP) is 3.30. The van der Waals surface area contributed by atoms with E-state index in [-0.39, 0.29) is 5.91 Å². The Morgan fingerprint density at radius 1 is 1.08 bits per heavy atom. The fraction of sp³-hybridized carbons (Fsp3) is 0.300. The highest BCUT2D eigenvalue weighted by Gasteiger charge is 2.25. The minimum Gasteiger partial charge on any atom is -0.478 e. The van der Waals surface area contributed by atoms with Crippen molar-refractivity contribution in [1.29, 1.82) is 0 Å². The Morgan fingerprint density at radius 3 is 2.32 bits per heavy atom. The maximum Gasteiger partial charge on any atom is 0.335 e. The van der Waals surface area contributed by atoms with Crippen molar-refractivity contribution in [2.24, 2.45) is 0 Å². The van der Waals surface area contributed by atoms with Crippen LogP contribution in [0.25, 0.3) is 0 Å². The van der Waals surface area contributed by atoms with Crippen LogP contribution in [0.4, 0.5) is 5.69 Å². The van der Waals surface area contributed by atoms with Gasteiger partial charge < -0.3 is 15.7 Å². The van der Waals surface area contributed by atoms with Crippen LogP contribution < -0.4 is 5.73 Å². The fourth-order valence-electron chi connectivity index (χ4n) is 3.35. The number of aromatic carboxylic acids is 1. The monoisotopic (exact) mass is 338 g/mol. The number of anilines is 1. The molecule has 0 atom stereocenters. The van der Waals surface area contributed by atoms with Crippen LogP contribution in [0.5, 0.6) is 0 Å². The third-order valence-corrected chi connectivity index (χ3v) is 4.90. The van der Waals surface area contributed by atoms with Gasteiger partial charge in [0.2, 0.25) is 0 Å². The standard InChI is InChI=1S/C20H22N2O3/c1-13-2-7-17(21)12-18(13)19(23)22-10-8-15(9-11-22)14-3-5-16(6-4-14)20(24)25/h2-7,12,15H,8-11,21H2,1H3,(H,24,25). The summed E-state index contributed by atoms with van der Waals surface area (Å²) in [5, 5.41) is 8.98. The molecule has 1 fully saturated rings. The van der Waals surface area contributed by atoms with Gasteiger partial charge in [-0.15, -0.1) is 0 Å². The van der Waals surface area contributed by atoms with Crippen molar-refractivity contribution in [2.75, 3.05) is 18.8 Å². The van der Waals surface area contributed by atoms with Gasteiger partial charge in [-0.05, 0) is 61.1 Å². The Labute approximate surface area is 147 Å². The lowest BCUT2D eigenvalue weighted by molar-refractivity contribution is 0.0691. The van der Waals surface area contributed by atoms with Crippen LogP contribution in [-0.4, -0.2) is 35.0 Å². The van der Waals surface area contributed by atoms with Crippen molar-refractivity contribution in [2.45, 2.75) is 25.7 Å². The summed E-state index contributed by atoms with van der Waals surface area (Å²) in [7, 11) is 0. The Morgan fingerprint density at radius 2 is 1.72 bits per heavy atom. The van der Waals surface area contributed by atoms with Crippen LogP contribution in [0, 0.1) is 6.92 Å². The first-order valence-corrected chi connectivity index (χ1v) is 8.44. The molecule has 1 amide bonds. The van der Waals surface area contributed by atoms with E-state index >= 15 is 0 Å². The molecule has 130 valence electrons. The Hall–Kier alpha value is -2.82. The summed E-state index contributed by atoms with van der Waals surface area (Å²) in [6, 6.07) is 12.5. The number of likely N-dealkylation sites (tertiary alicyclic amines) is 1. The van der Waals surface area contributed by atoms with E-state index in [2.05, 4.69) is 0 Å². The molecule has 5 nitrogen and oxygen atoms in total. The summed E-state index contributed by atoms with van der Waals surface area (Å²) in [4.78, 5) is 25.6. The Bertz CT molecular complexity index is 791. The minimum atomic E-state index is -0.913. The lowest BCUT2D eigenvalue weighted by Crippen LogP contribution is -2.38. The molecule has 0 bridgehead atoms. The molecule has 3 N–H and O–H groups in total. The smallest absolute Gasteiger partial charge is 0.335 e. The van der Waals surface area contributed by atoms with Crippen molar-refractivity contribution in [3.63, 3.8) is 0 Å². The molecule has 0 saturated carbocycles. The van der Waals surface area contributed by atoms with Crippen LogP contribution in [0.2, 0.25) is 0 Å². The van der Waals surface area contributed by atoms with Crippen molar-refractivity contribution in [1.82, 2.24) is 4.90 Å². The third kappa shape index (κ3) is 3.65. The first-order valence-electron chi connectivity index (χ1n) is 8.44. The molecule has 1 aliphatic rings. The summed E-state index contributed by atoms with van der Waals surface area (Å²) in [6.45, 7) is 3.31. The molecule has 1 saturated heterocycles. The molecule has 0 unspecified atom stereocenters. The van der Waals surface area contributed by atoms with Crippen molar-refractivity contribution in [3.8, 4) is 0 Å². The number of hydrogen-bond donors (Lipinski definition) is 2. The minimum absolute atomic E-state index is 0.0319. The maximum atomic E-state index is 12.7. The summed E-state index contributed by atoms with van der Waals surface area (Å²) in [5.74, 6) is -0.525. The van der Waals surface area contributed by atoms with E-state index in [4.69, 9.17) is 10.8 Å². The average Bonchev–Trinajstić information content (AvgIpc) is 2.63. The zero-order valence-electron chi connectivity index (χ0n) is 14.2. The van der Waals surface area contributed by atoms with Crippen molar-refractivity contribution in [3.05, 3.63) is 64.7 Å². The number of rotatable bonds is 3. The number of carboxylic acid groups (broad SMARTS) is 1. The number of aryl methyl sites for hydroxylation is 1. The Balaban J connectivity index is 1.66. The van der Waals surface area contributed by atoms with Gasteiger partial charge in [-0.2, -0.15) is 0 Å². The van der Waals surface area contributed by atoms with Gasteiger partial charge in [0.1, 0.15) is 0 Å². The van der Waals surface area contributed by atoms with Gasteiger partial charge in [0.05, 0.1) is 5.56 Å². The predicted molar refractivity (Wildman–Crippen MR) is 96.9 cm³/mol. The molecule has 2 aromatic carbocycles. The largest absolute Gasteiger partial charge is 0.478 e. The first-order chi connectivity index (χ1) is 12.0. The van der Waals surface area contributed by atoms with E-state index in [9.17, 15) is 9.59 Å². The highest BCUT2D eigenvalue weighted by molar-refractivity contribution is 5.96. The second kappa shape index (κ2) is 6.97. The molecule has 1 aliphatic heterocycles. The van der Waals surface area contributed by atoms with Crippen LogP contribution in [0.3, 0.4) is 0 Å². The summed E-state index contributed by atoms with van der Waals surface area (Å²) >= 11 is 0. The molecule has 0 radical (unpaired) electrons. The Kier molecular flexibility index (Phi) is 4.74. The SMILES string of the molecule is Cc1ccc(N)cc1C(=O)N1CCC(c2ccc(C(=O)O)cc2)CC1. The van der Waals surface area contributed by atoms with Gasteiger partial charge in [-0.25, -0.2) is 4.79 Å². The number of carbonyl (C=O) groups is 2.